The lowest BCUT2D eigenvalue weighted by atomic mass is 10.1. The maximum Gasteiger partial charge on any atom is 0.243 e. The van der Waals surface area contributed by atoms with Crippen LogP contribution in [0.1, 0.15) is 18.1 Å². The van der Waals surface area contributed by atoms with E-state index in [-0.39, 0.29) is 24.9 Å². The molecule has 0 saturated heterocycles. The topological polar surface area (TPSA) is 61.4 Å². The van der Waals surface area contributed by atoms with Crippen LogP contribution in [-0.2, 0) is 22.6 Å². The van der Waals surface area contributed by atoms with Crippen LogP contribution in [0, 0.1) is 0 Å². The van der Waals surface area contributed by atoms with Crippen molar-refractivity contribution in [2.75, 3.05) is 25.5 Å². The molecule has 0 bridgehead atoms. The highest BCUT2D eigenvalue weighted by atomic mass is 35.5. The zero-order chi connectivity index (χ0) is 18.9. The lowest BCUT2D eigenvalue weighted by molar-refractivity contribution is -0.124. The maximum absolute atomic E-state index is 12.0. The van der Waals surface area contributed by atoms with E-state index in [0.717, 1.165) is 23.2 Å². The second-order valence-corrected chi connectivity index (χ2v) is 6.57. The van der Waals surface area contributed by atoms with Crippen molar-refractivity contribution in [1.29, 1.82) is 0 Å². The Bertz CT molecular complexity index is 747. The van der Waals surface area contributed by atoms with Gasteiger partial charge in [0.1, 0.15) is 0 Å². The minimum Gasteiger partial charge on any atom is -0.346 e. The predicted molar refractivity (Wildman–Crippen MR) is 105 cm³/mol. The summed E-state index contributed by atoms with van der Waals surface area (Å²) in [6.07, 6.45) is 0.832. The monoisotopic (exact) mass is 373 g/mol. The fourth-order valence-corrected chi connectivity index (χ4v) is 2.71. The number of anilines is 1. The predicted octanol–water partition coefficient (Wildman–Crippen LogP) is 3.09. The van der Waals surface area contributed by atoms with Gasteiger partial charge in [-0.25, -0.2) is 0 Å². The van der Waals surface area contributed by atoms with Crippen LogP contribution in [0.3, 0.4) is 0 Å². The third-order valence-corrected chi connectivity index (χ3v) is 4.15. The van der Waals surface area contributed by atoms with Gasteiger partial charge < -0.3 is 10.6 Å². The van der Waals surface area contributed by atoms with Gasteiger partial charge in [0.05, 0.1) is 13.1 Å². The van der Waals surface area contributed by atoms with Gasteiger partial charge in [0, 0.05) is 17.3 Å². The first-order valence-electron chi connectivity index (χ1n) is 8.55. The first kappa shape index (κ1) is 19.9. The molecule has 2 rings (SSSR count). The molecule has 0 atom stereocenters. The van der Waals surface area contributed by atoms with Crippen molar-refractivity contribution in [3.63, 3.8) is 0 Å². The summed E-state index contributed by atoms with van der Waals surface area (Å²) < 4.78 is 0. The quantitative estimate of drug-likeness (QED) is 0.747. The van der Waals surface area contributed by atoms with E-state index in [2.05, 4.69) is 10.6 Å². The molecule has 6 heteroatoms. The summed E-state index contributed by atoms with van der Waals surface area (Å²) >= 11 is 5.86. The molecule has 0 aliphatic heterocycles. The smallest absolute Gasteiger partial charge is 0.243 e. The van der Waals surface area contributed by atoms with Crippen LogP contribution in [0.2, 0.25) is 5.02 Å². The molecule has 2 aromatic carbocycles. The molecule has 0 saturated carbocycles. The van der Waals surface area contributed by atoms with E-state index >= 15 is 0 Å². The summed E-state index contributed by atoms with van der Waals surface area (Å²) in [6, 6.07) is 15.1. The summed E-state index contributed by atoms with van der Waals surface area (Å²) in [6.45, 7) is 2.82. The van der Waals surface area contributed by atoms with E-state index in [4.69, 9.17) is 11.6 Å². The van der Waals surface area contributed by atoms with Gasteiger partial charge >= 0.3 is 0 Å². The van der Waals surface area contributed by atoms with Crippen LogP contribution in [-0.4, -0.2) is 36.9 Å². The lowest BCUT2D eigenvalue weighted by Crippen LogP contribution is -2.39. The van der Waals surface area contributed by atoms with Crippen molar-refractivity contribution in [2.24, 2.45) is 0 Å². The third-order valence-electron chi connectivity index (χ3n) is 3.90. The summed E-state index contributed by atoms with van der Waals surface area (Å²) in [5.41, 5.74) is 2.92. The number of benzene rings is 2. The standard InChI is InChI=1S/C20H24ClN3O2/c1-3-16-6-4-5-7-18(16)23-19(25)12-22-20(26)14-24(2)13-15-8-10-17(21)11-9-15/h4-11H,3,12-14H2,1-2H3,(H,22,26)(H,23,25). The Hall–Kier alpha value is -2.37. The molecule has 138 valence electrons. The lowest BCUT2D eigenvalue weighted by Gasteiger charge is -2.16. The molecule has 0 radical (unpaired) electrons. The molecule has 0 aliphatic carbocycles. The van der Waals surface area contributed by atoms with Gasteiger partial charge in [-0.2, -0.15) is 0 Å². The Balaban J connectivity index is 1.75. The van der Waals surface area contributed by atoms with E-state index < -0.39 is 0 Å². The number of hydrogen-bond donors (Lipinski definition) is 2. The first-order valence-corrected chi connectivity index (χ1v) is 8.93. The molecule has 0 unspecified atom stereocenters. The molecule has 2 N–H and O–H groups in total. The number of hydrogen-bond acceptors (Lipinski definition) is 3. The number of nitrogens with one attached hydrogen (secondary N) is 2. The van der Waals surface area contributed by atoms with Gasteiger partial charge in [0.2, 0.25) is 11.8 Å². The van der Waals surface area contributed by atoms with Gasteiger partial charge in [0.25, 0.3) is 0 Å². The number of aryl methyl sites for hydroxylation is 1. The first-order chi connectivity index (χ1) is 12.5. The highest BCUT2D eigenvalue weighted by Crippen LogP contribution is 2.15. The van der Waals surface area contributed by atoms with Crippen molar-refractivity contribution in [3.8, 4) is 0 Å². The largest absolute Gasteiger partial charge is 0.346 e. The number of nitrogens with zero attached hydrogens (tertiary/aromatic N) is 1. The van der Waals surface area contributed by atoms with Crippen molar-refractivity contribution < 1.29 is 9.59 Å². The van der Waals surface area contributed by atoms with Crippen LogP contribution < -0.4 is 10.6 Å². The number of halogens is 1. The number of amides is 2. The molecular weight excluding hydrogens is 350 g/mol. The highest BCUT2D eigenvalue weighted by molar-refractivity contribution is 6.30. The Morgan fingerprint density at radius 3 is 2.42 bits per heavy atom. The van der Waals surface area contributed by atoms with E-state index in [1.54, 1.807) is 0 Å². The molecule has 0 heterocycles. The Morgan fingerprint density at radius 2 is 1.73 bits per heavy atom. The molecule has 5 nitrogen and oxygen atoms in total. The molecule has 0 spiro atoms. The van der Waals surface area contributed by atoms with E-state index in [0.29, 0.717) is 11.6 Å². The minimum atomic E-state index is -0.236. The number of carbonyl (C=O) groups excluding carboxylic acids is 2. The summed E-state index contributed by atoms with van der Waals surface area (Å²) in [5.74, 6) is -0.431. The van der Waals surface area contributed by atoms with E-state index in [9.17, 15) is 9.59 Å². The zero-order valence-electron chi connectivity index (χ0n) is 15.1. The second kappa shape index (κ2) is 9.94. The summed E-state index contributed by atoms with van der Waals surface area (Å²) in [7, 11) is 1.85. The fraction of sp³-hybridized carbons (Fsp3) is 0.300. The van der Waals surface area contributed by atoms with Crippen molar-refractivity contribution in [3.05, 3.63) is 64.7 Å². The highest BCUT2D eigenvalue weighted by Gasteiger charge is 2.10. The van der Waals surface area contributed by atoms with E-state index in [1.165, 1.54) is 0 Å². The van der Waals surface area contributed by atoms with Crippen LogP contribution >= 0.6 is 11.6 Å². The fourth-order valence-electron chi connectivity index (χ4n) is 2.58. The van der Waals surface area contributed by atoms with Gasteiger partial charge in [-0.3, -0.25) is 14.5 Å². The molecule has 0 aliphatic rings. The number of likely N-dealkylation sites (N-methyl/N-ethyl adjacent to an activating group) is 1. The molecule has 2 amide bonds. The molecular formula is C20H24ClN3O2. The Labute approximate surface area is 159 Å². The zero-order valence-corrected chi connectivity index (χ0v) is 15.8. The van der Waals surface area contributed by atoms with Gasteiger partial charge in [0.15, 0.2) is 0 Å². The molecule has 0 fully saturated rings. The third kappa shape index (κ3) is 6.50. The van der Waals surface area contributed by atoms with Crippen LogP contribution in [0.4, 0.5) is 5.69 Å². The Morgan fingerprint density at radius 1 is 1.04 bits per heavy atom. The second-order valence-electron chi connectivity index (χ2n) is 6.13. The summed E-state index contributed by atoms with van der Waals surface area (Å²) in [4.78, 5) is 25.9. The molecule has 26 heavy (non-hydrogen) atoms. The molecule has 0 aromatic heterocycles. The van der Waals surface area contributed by atoms with Gasteiger partial charge in [-0.05, 0) is 42.8 Å². The number of carbonyl (C=O) groups is 2. The van der Waals surface area contributed by atoms with E-state index in [1.807, 2.05) is 67.4 Å². The van der Waals surface area contributed by atoms with Crippen LogP contribution in [0.25, 0.3) is 0 Å². The molecule has 2 aromatic rings. The maximum atomic E-state index is 12.0. The van der Waals surface area contributed by atoms with Gasteiger partial charge in [-0.15, -0.1) is 0 Å². The summed E-state index contributed by atoms with van der Waals surface area (Å²) in [5, 5.41) is 6.17. The van der Waals surface area contributed by atoms with Crippen LogP contribution in [0.15, 0.2) is 48.5 Å². The normalized spacial score (nSPS) is 10.6. The minimum absolute atomic E-state index is 0.0499. The SMILES string of the molecule is CCc1ccccc1NC(=O)CNC(=O)CN(C)Cc1ccc(Cl)cc1. The average Bonchev–Trinajstić information content (AvgIpc) is 2.62. The van der Waals surface area contributed by atoms with Crippen LogP contribution in [0.5, 0.6) is 0 Å². The average molecular weight is 374 g/mol. The Kier molecular flexibility index (Phi) is 7.63. The van der Waals surface area contributed by atoms with Crippen molar-refractivity contribution >= 4 is 29.1 Å². The number of para-hydroxylation sites is 1. The van der Waals surface area contributed by atoms with Gasteiger partial charge in [-0.1, -0.05) is 48.9 Å². The number of rotatable bonds is 8. The van der Waals surface area contributed by atoms with Crippen molar-refractivity contribution in [2.45, 2.75) is 19.9 Å². The van der Waals surface area contributed by atoms with Crippen molar-refractivity contribution in [1.82, 2.24) is 10.2 Å².